The molecule has 0 aromatic rings. The Labute approximate surface area is 90.6 Å². The van der Waals surface area contributed by atoms with Gasteiger partial charge in [0.15, 0.2) is 0 Å². The summed E-state index contributed by atoms with van der Waals surface area (Å²) in [6.07, 6.45) is 5.25. The van der Waals surface area contributed by atoms with Crippen LogP contribution in [0.15, 0.2) is 11.0 Å². The number of unbranched alkanes of at least 4 members (excludes halogenated alkanes) is 1. The SMILES string of the molecule is CCCCSC1=CC(=N)OC1(C)CC. The van der Waals surface area contributed by atoms with E-state index in [-0.39, 0.29) is 5.60 Å². The van der Waals surface area contributed by atoms with E-state index < -0.39 is 0 Å². The molecule has 1 rings (SSSR count). The highest BCUT2D eigenvalue weighted by molar-refractivity contribution is 8.03. The van der Waals surface area contributed by atoms with Gasteiger partial charge in [0.25, 0.3) is 0 Å². The van der Waals surface area contributed by atoms with E-state index in [2.05, 4.69) is 20.8 Å². The Morgan fingerprint density at radius 1 is 1.50 bits per heavy atom. The zero-order valence-electron chi connectivity index (χ0n) is 9.22. The van der Waals surface area contributed by atoms with Gasteiger partial charge in [-0.25, -0.2) is 0 Å². The quantitative estimate of drug-likeness (QED) is 0.708. The van der Waals surface area contributed by atoms with Gasteiger partial charge in [-0.2, -0.15) is 0 Å². The van der Waals surface area contributed by atoms with E-state index in [9.17, 15) is 0 Å². The van der Waals surface area contributed by atoms with Gasteiger partial charge < -0.3 is 4.74 Å². The van der Waals surface area contributed by atoms with E-state index in [1.807, 2.05) is 17.8 Å². The Kier molecular flexibility index (Phi) is 4.05. The second kappa shape index (κ2) is 4.87. The molecule has 1 heterocycles. The van der Waals surface area contributed by atoms with E-state index in [0.29, 0.717) is 5.90 Å². The fourth-order valence-corrected chi connectivity index (χ4v) is 2.70. The lowest BCUT2D eigenvalue weighted by atomic mass is 10.0. The lowest BCUT2D eigenvalue weighted by Gasteiger charge is -2.25. The van der Waals surface area contributed by atoms with Crippen molar-refractivity contribution in [3.8, 4) is 0 Å². The third-order valence-electron chi connectivity index (χ3n) is 2.55. The smallest absolute Gasteiger partial charge is 0.207 e. The first-order valence-electron chi connectivity index (χ1n) is 5.25. The number of ether oxygens (including phenoxy) is 1. The first kappa shape index (κ1) is 11.6. The highest BCUT2D eigenvalue weighted by Crippen LogP contribution is 2.38. The summed E-state index contributed by atoms with van der Waals surface area (Å²) in [5, 5.41) is 7.51. The number of rotatable bonds is 5. The summed E-state index contributed by atoms with van der Waals surface area (Å²) in [6, 6.07) is 0. The summed E-state index contributed by atoms with van der Waals surface area (Å²) in [7, 11) is 0. The Morgan fingerprint density at radius 2 is 2.21 bits per heavy atom. The van der Waals surface area contributed by atoms with Gasteiger partial charge in [0.2, 0.25) is 5.90 Å². The molecule has 0 bridgehead atoms. The molecule has 0 aromatic heterocycles. The third-order valence-corrected chi connectivity index (χ3v) is 3.90. The van der Waals surface area contributed by atoms with E-state index >= 15 is 0 Å². The van der Waals surface area contributed by atoms with Gasteiger partial charge in [-0.1, -0.05) is 20.3 Å². The average molecular weight is 213 g/mol. The maximum atomic E-state index is 7.51. The predicted molar refractivity (Wildman–Crippen MR) is 63.0 cm³/mol. The summed E-state index contributed by atoms with van der Waals surface area (Å²) >= 11 is 1.84. The van der Waals surface area contributed by atoms with Crippen LogP contribution >= 0.6 is 11.8 Å². The van der Waals surface area contributed by atoms with Crippen molar-refractivity contribution in [2.75, 3.05) is 5.75 Å². The fourth-order valence-electron chi connectivity index (χ4n) is 1.36. The molecule has 14 heavy (non-hydrogen) atoms. The molecular formula is C11H19NOS. The van der Waals surface area contributed by atoms with E-state index in [1.165, 1.54) is 17.7 Å². The van der Waals surface area contributed by atoms with Crippen molar-refractivity contribution < 1.29 is 4.74 Å². The Balaban J connectivity index is 2.56. The third kappa shape index (κ3) is 2.53. The predicted octanol–water partition coefficient (Wildman–Crippen LogP) is 3.58. The van der Waals surface area contributed by atoms with Crippen LogP contribution in [0.4, 0.5) is 0 Å². The molecule has 0 saturated carbocycles. The van der Waals surface area contributed by atoms with Crippen LogP contribution in [0.5, 0.6) is 0 Å². The summed E-state index contributed by atoms with van der Waals surface area (Å²) in [5.74, 6) is 1.45. The lowest BCUT2D eigenvalue weighted by molar-refractivity contribution is 0.131. The van der Waals surface area contributed by atoms with Crippen LogP contribution in [0.3, 0.4) is 0 Å². The largest absolute Gasteiger partial charge is 0.466 e. The normalized spacial score (nSPS) is 26.2. The second-order valence-corrected chi connectivity index (χ2v) is 4.90. The molecule has 0 spiro atoms. The minimum Gasteiger partial charge on any atom is -0.466 e. The molecule has 1 aliphatic rings. The molecule has 1 N–H and O–H groups in total. The summed E-state index contributed by atoms with van der Waals surface area (Å²) in [4.78, 5) is 1.22. The van der Waals surface area contributed by atoms with Crippen molar-refractivity contribution in [2.24, 2.45) is 0 Å². The minimum absolute atomic E-state index is 0.227. The maximum Gasteiger partial charge on any atom is 0.207 e. The molecule has 80 valence electrons. The van der Waals surface area contributed by atoms with Crippen molar-refractivity contribution in [1.29, 1.82) is 5.41 Å². The van der Waals surface area contributed by atoms with E-state index in [1.54, 1.807) is 0 Å². The average Bonchev–Trinajstić information content (AvgIpc) is 2.43. The van der Waals surface area contributed by atoms with Gasteiger partial charge in [-0.05, 0) is 25.5 Å². The van der Waals surface area contributed by atoms with Crippen molar-refractivity contribution in [3.05, 3.63) is 11.0 Å². The van der Waals surface area contributed by atoms with Crippen LogP contribution < -0.4 is 0 Å². The van der Waals surface area contributed by atoms with Gasteiger partial charge in [-0.15, -0.1) is 11.8 Å². The minimum atomic E-state index is -0.227. The van der Waals surface area contributed by atoms with Gasteiger partial charge in [-0.3, -0.25) is 5.41 Å². The van der Waals surface area contributed by atoms with Gasteiger partial charge in [0.05, 0.1) is 0 Å². The fraction of sp³-hybridized carbons (Fsp3) is 0.727. The zero-order valence-corrected chi connectivity index (χ0v) is 10.0. The van der Waals surface area contributed by atoms with Gasteiger partial charge in [0.1, 0.15) is 5.60 Å². The van der Waals surface area contributed by atoms with Crippen LogP contribution in [0.25, 0.3) is 0 Å². The van der Waals surface area contributed by atoms with Crippen molar-refractivity contribution in [1.82, 2.24) is 0 Å². The first-order chi connectivity index (χ1) is 6.62. The number of nitrogens with one attached hydrogen (secondary N) is 1. The molecule has 1 unspecified atom stereocenters. The Morgan fingerprint density at radius 3 is 2.79 bits per heavy atom. The summed E-state index contributed by atoms with van der Waals surface area (Å²) in [5.41, 5.74) is -0.227. The molecule has 0 fully saturated rings. The van der Waals surface area contributed by atoms with Crippen molar-refractivity contribution in [3.63, 3.8) is 0 Å². The van der Waals surface area contributed by atoms with Crippen LogP contribution in [0.2, 0.25) is 0 Å². The highest BCUT2D eigenvalue weighted by Gasteiger charge is 2.35. The van der Waals surface area contributed by atoms with E-state index in [4.69, 9.17) is 10.1 Å². The van der Waals surface area contributed by atoms with Crippen molar-refractivity contribution >= 4 is 17.7 Å². The summed E-state index contributed by atoms with van der Waals surface area (Å²) < 4.78 is 5.51. The maximum absolute atomic E-state index is 7.51. The van der Waals surface area contributed by atoms with Gasteiger partial charge in [0, 0.05) is 11.0 Å². The molecule has 0 amide bonds. The molecule has 0 radical (unpaired) electrons. The molecule has 1 aliphatic heterocycles. The monoisotopic (exact) mass is 213 g/mol. The molecule has 0 saturated heterocycles. The molecule has 0 aromatic carbocycles. The molecular weight excluding hydrogens is 194 g/mol. The number of thioether (sulfide) groups is 1. The molecule has 2 nitrogen and oxygen atoms in total. The first-order valence-corrected chi connectivity index (χ1v) is 6.23. The van der Waals surface area contributed by atoms with Gasteiger partial charge >= 0.3 is 0 Å². The van der Waals surface area contributed by atoms with E-state index in [0.717, 1.165) is 12.2 Å². The lowest BCUT2D eigenvalue weighted by Crippen LogP contribution is -2.25. The Hall–Kier alpha value is -0.440. The highest BCUT2D eigenvalue weighted by atomic mass is 32.2. The Bertz CT molecular complexity index is 250. The molecule has 1 atom stereocenters. The van der Waals surface area contributed by atoms with Crippen LogP contribution in [-0.4, -0.2) is 17.3 Å². The van der Waals surface area contributed by atoms with Crippen LogP contribution in [-0.2, 0) is 4.74 Å². The standard InChI is InChI=1S/C11H19NOS/c1-4-6-7-14-9-8-10(12)13-11(9,3)5-2/h8,12H,4-7H2,1-3H3. The number of hydrogen-bond donors (Lipinski definition) is 1. The molecule has 0 aliphatic carbocycles. The summed E-state index contributed by atoms with van der Waals surface area (Å²) in [6.45, 7) is 6.37. The van der Waals surface area contributed by atoms with Crippen LogP contribution in [0.1, 0.15) is 40.0 Å². The molecule has 3 heteroatoms. The van der Waals surface area contributed by atoms with Crippen LogP contribution in [0, 0.1) is 5.41 Å². The zero-order chi connectivity index (χ0) is 10.6. The number of hydrogen-bond acceptors (Lipinski definition) is 3. The second-order valence-electron chi connectivity index (χ2n) is 3.76. The topological polar surface area (TPSA) is 33.1 Å². The van der Waals surface area contributed by atoms with Crippen molar-refractivity contribution in [2.45, 2.75) is 45.6 Å².